The van der Waals surface area contributed by atoms with Gasteiger partial charge in [-0.2, -0.15) is 0 Å². The summed E-state index contributed by atoms with van der Waals surface area (Å²) in [6.45, 7) is 12.6. The van der Waals surface area contributed by atoms with Crippen LogP contribution in [0.3, 0.4) is 0 Å². The van der Waals surface area contributed by atoms with E-state index in [1.54, 1.807) is 40.9 Å². The van der Waals surface area contributed by atoms with Crippen LogP contribution in [0.2, 0.25) is 0 Å². The minimum absolute atomic E-state index is 0.0134. The highest BCUT2D eigenvalue weighted by molar-refractivity contribution is 6.39. The lowest BCUT2D eigenvalue weighted by atomic mass is 9.78. The Morgan fingerprint density at radius 3 is 2.23 bits per heavy atom. The number of ketones is 3. The van der Waals surface area contributed by atoms with Crippen molar-refractivity contribution >= 4 is 29.2 Å². The highest BCUT2D eigenvalue weighted by Crippen LogP contribution is 2.37. The number of nitrogens with zero attached hydrogens (tertiary/aromatic N) is 1. The van der Waals surface area contributed by atoms with Gasteiger partial charge >= 0.3 is 5.97 Å². The molecule has 3 fully saturated rings. The summed E-state index contributed by atoms with van der Waals surface area (Å²) < 4.78 is 23.7. The molecule has 2 bridgehead atoms. The molecular weight excluding hydrogens is 823 g/mol. The van der Waals surface area contributed by atoms with E-state index in [0.717, 1.165) is 5.57 Å². The van der Waals surface area contributed by atoms with Gasteiger partial charge < -0.3 is 44.3 Å². The van der Waals surface area contributed by atoms with E-state index in [-0.39, 0.29) is 42.8 Å². The smallest absolute Gasteiger partial charge is 0.329 e. The molecule has 0 aromatic heterocycles. The fourth-order valence-corrected chi connectivity index (χ4v) is 9.88. The third-order valence-corrected chi connectivity index (χ3v) is 14.2. The predicted octanol–water partition coefficient (Wildman–Crippen LogP) is 5.53. The summed E-state index contributed by atoms with van der Waals surface area (Å²) in [6, 6.07) is -1.16. The Morgan fingerprint density at radius 2 is 1.56 bits per heavy atom. The third-order valence-electron chi connectivity index (χ3n) is 14.2. The first-order valence-corrected chi connectivity index (χ1v) is 23.5. The number of piperidine rings is 1. The molecule has 2 saturated heterocycles. The molecule has 1 saturated carbocycles. The minimum Gasteiger partial charge on any atom is -0.460 e. The second kappa shape index (κ2) is 24.4. The Kier molecular flexibility index (Phi) is 20.3. The van der Waals surface area contributed by atoms with Gasteiger partial charge in [-0.1, -0.05) is 71.1 Å². The molecule has 4 aliphatic rings. The number of carbonyl (C=O) groups excluding carboxylic acids is 5. The van der Waals surface area contributed by atoms with Gasteiger partial charge in [0.15, 0.2) is 5.78 Å². The summed E-state index contributed by atoms with van der Waals surface area (Å²) >= 11 is 0. The molecular formula is C50H77NO13. The zero-order valence-corrected chi connectivity index (χ0v) is 39.6. The Bertz CT molecular complexity index is 1740. The molecule has 4 rings (SSSR count). The summed E-state index contributed by atoms with van der Waals surface area (Å²) in [5, 5.41) is 43.9. The van der Waals surface area contributed by atoms with Gasteiger partial charge in [0.05, 0.1) is 24.4 Å². The molecule has 2 unspecified atom stereocenters. The summed E-state index contributed by atoms with van der Waals surface area (Å²) in [5.41, 5.74) is 1.24. The van der Waals surface area contributed by atoms with Crippen molar-refractivity contribution in [2.24, 2.45) is 35.5 Å². The van der Waals surface area contributed by atoms with Crippen LogP contribution in [-0.2, 0) is 42.9 Å². The van der Waals surface area contributed by atoms with Crippen molar-refractivity contribution < 1.29 is 63.3 Å². The molecule has 0 radical (unpaired) electrons. The molecule has 0 aromatic rings. The van der Waals surface area contributed by atoms with Gasteiger partial charge in [-0.3, -0.25) is 19.2 Å². The second-order valence-electron chi connectivity index (χ2n) is 19.4. The van der Waals surface area contributed by atoms with E-state index < -0.39 is 95.9 Å². The minimum atomic E-state index is -2.44. The van der Waals surface area contributed by atoms with Gasteiger partial charge in [-0.25, -0.2) is 4.79 Å². The zero-order valence-electron chi connectivity index (χ0n) is 39.6. The number of esters is 1. The third kappa shape index (κ3) is 13.8. The fourth-order valence-electron chi connectivity index (χ4n) is 9.88. The molecule has 0 aromatic carbocycles. The van der Waals surface area contributed by atoms with Crippen molar-refractivity contribution in [3.05, 3.63) is 47.6 Å². The number of hydrogen-bond acceptors (Lipinski definition) is 13. The summed E-state index contributed by atoms with van der Waals surface area (Å²) in [4.78, 5) is 71.5. The largest absolute Gasteiger partial charge is 0.460 e. The molecule has 14 nitrogen and oxygen atoms in total. The molecule has 360 valence electrons. The molecule has 0 spiro atoms. The Labute approximate surface area is 380 Å². The van der Waals surface area contributed by atoms with Crippen LogP contribution in [0.5, 0.6) is 0 Å². The van der Waals surface area contributed by atoms with Crippen LogP contribution in [0, 0.1) is 35.5 Å². The molecule has 64 heavy (non-hydrogen) atoms. The maximum absolute atomic E-state index is 14.3. The number of hydrogen-bond donors (Lipinski definition) is 4. The number of allylic oxidation sites excluding steroid dienone is 6. The van der Waals surface area contributed by atoms with Gasteiger partial charge in [0.2, 0.25) is 5.79 Å². The summed E-state index contributed by atoms with van der Waals surface area (Å²) in [6.07, 6.45) is 9.61. The molecule has 3 heterocycles. The highest BCUT2D eigenvalue weighted by Gasteiger charge is 2.53. The maximum atomic E-state index is 14.3. The van der Waals surface area contributed by atoms with Gasteiger partial charge in [0, 0.05) is 51.4 Å². The van der Waals surface area contributed by atoms with Crippen LogP contribution in [-0.4, -0.2) is 130 Å². The number of Topliss-reactive ketones (excluding diaryl/α,β-unsaturated/α-hetero) is 3. The number of amides is 1. The number of ether oxygens (including phenoxy) is 4. The number of carbonyl (C=O) groups is 5. The van der Waals surface area contributed by atoms with Gasteiger partial charge in [-0.05, 0) is 107 Å². The van der Waals surface area contributed by atoms with E-state index in [1.165, 1.54) is 12.0 Å². The lowest BCUT2D eigenvalue weighted by molar-refractivity contribution is -0.265. The number of aliphatic hydroxyl groups is 4. The van der Waals surface area contributed by atoms with Crippen molar-refractivity contribution in [2.75, 3.05) is 20.8 Å². The van der Waals surface area contributed by atoms with Gasteiger partial charge in [0.1, 0.15) is 30.1 Å². The highest BCUT2D eigenvalue weighted by atomic mass is 16.6. The lowest BCUT2D eigenvalue weighted by Crippen LogP contribution is -2.61. The normalized spacial score (nSPS) is 38.2. The van der Waals surface area contributed by atoms with E-state index in [9.17, 15) is 44.4 Å². The zero-order chi connectivity index (χ0) is 47.5. The van der Waals surface area contributed by atoms with Crippen LogP contribution in [0.25, 0.3) is 0 Å². The van der Waals surface area contributed by atoms with Crippen LogP contribution < -0.4 is 0 Å². The van der Waals surface area contributed by atoms with E-state index in [0.29, 0.717) is 69.8 Å². The van der Waals surface area contributed by atoms with Gasteiger partial charge in [-0.15, -0.1) is 0 Å². The summed E-state index contributed by atoms with van der Waals surface area (Å²) in [5.74, 6) is -8.29. The average molecular weight is 900 g/mol. The predicted molar refractivity (Wildman–Crippen MR) is 240 cm³/mol. The molecule has 3 aliphatic heterocycles. The van der Waals surface area contributed by atoms with Crippen molar-refractivity contribution in [3.8, 4) is 0 Å². The molecule has 1 amide bonds. The van der Waals surface area contributed by atoms with Crippen LogP contribution in [0.1, 0.15) is 126 Å². The van der Waals surface area contributed by atoms with Crippen LogP contribution >= 0.6 is 0 Å². The Balaban J connectivity index is 1.70. The summed E-state index contributed by atoms with van der Waals surface area (Å²) in [7, 11) is 2.94. The Morgan fingerprint density at radius 1 is 0.844 bits per heavy atom. The fraction of sp³-hybridized carbons (Fsp3) is 0.740. The van der Waals surface area contributed by atoms with Crippen molar-refractivity contribution in [2.45, 2.75) is 180 Å². The topological polar surface area (TPSA) is 206 Å². The number of rotatable bonds is 5. The van der Waals surface area contributed by atoms with Crippen molar-refractivity contribution in [3.63, 3.8) is 0 Å². The Hall–Kier alpha value is -3.37. The number of methoxy groups -OCH3 is 2. The first kappa shape index (κ1) is 53.2. The lowest BCUT2D eigenvalue weighted by Gasteiger charge is -2.42. The monoisotopic (exact) mass is 900 g/mol. The van der Waals surface area contributed by atoms with Crippen LogP contribution in [0.4, 0.5) is 0 Å². The van der Waals surface area contributed by atoms with Crippen molar-refractivity contribution in [1.29, 1.82) is 0 Å². The SMILES string of the molecule is CO[C@H]1C[C@@H]2CC[C@@H](C)C(O)(O2)C(=O)C(=O)N2CCCC[C@H]2C(=O)O[C@H]([C@H](C)C[C@H]2CCC(O)[C@@H](O)C2)CC(=O)[C@@H](C)C=C(C)[C@@H](O)[C@H](OC)C(=O)[C@H](C)C[C@H](C)C=CC=CC=C1C. The molecule has 15 atom stereocenters. The quantitative estimate of drug-likeness (QED) is 0.153. The first-order valence-electron chi connectivity index (χ1n) is 23.5. The first-order chi connectivity index (χ1) is 30.2. The standard InChI is InChI=1S/C50H77NO13/c1-29-15-11-10-12-16-30(2)42(61-8)27-37-20-18-35(7)50(60,64-37)47(57)48(58)51-22-14-13-17-38(51)49(59)63-43(32(4)25-36-19-21-39(52)41(54)26-36)28-40(53)31(3)24-34(6)45(56)46(62-9)44(55)33(5)23-29/h10-12,15-16,24,29,31-33,35-39,41-43,45-46,52,54,56,60H,13-14,17-23,25-28H2,1-9H3/t29-,31+,32-,33-,35-,36-,37+,38+,39?,41+,42+,43+,45-,46-,50?/m1/s1. The second-order valence-corrected chi connectivity index (χ2v) is 19.4. The van der Waals surface area contributed by atoms with Gasteiger partial charge in [0.25, 0.3) is 11.7 Å². The van der Waals surface area contributed by atoms with E-state index in [1.807, 2.05) is 51.2 Å². The number of aliphatic hydroxyl groups excluding tert-OH is 3. The molecule has 4 N–H and O–H groups in total. The molecule has 1 aliphatic carbocycles. The van der Waals surface area contributed by atoms with E-state index >= 15 is 0 Å². The van der Waals surface area contributed by atoms with E-state index in [4.69, 9.17) is 18.9 Å². The van der Waals surface area contributed by atoms with E-state index in [2.05, 4.69) is 0 Å². The average Bonchev–Trinajstić information content (AvgIpc) is 3.26. The number of cyclic esters (lactones) is 1. The number of fused-ring (bicyclic) bond motifs is 3. The van der Waals surface area contributed by atoms with Crippen LogP contribution in [0.15, 0.2) is 47.6 Å². The molecule has 14 heteroatoms. The van der Waals surface area contributed by atoms with Crippen molar-refractivity contribution in [1.82, 2.24) is 4.90 Å². The maximum Gasteiger partial charge on any atom is 0.329 e.